The summed E-state index contributed by atoms with van der Waals surface area (Å²) in [5, 5.41) is 0. The van der Waals surface area contributed by atoms with Crippen molar-refractivity contribution in [3.8, 4) is 5.69 Å². The maximum Gasteiger partial charge on any atom is 0.165 e. The van der Waals surface area contributed by atoms with Crippen LogP contribution < -0.4 is 0 Å². The van der Waals surface area contributed by atoms with Crippen molar-refractivity contribution in [3.63, 3.8) is 0 Å². The molecule has 2 nitrogen and oxygen atoms in total. The standard InChI is InChI=1S/C16H14BrF2NO/c1-16(2)7-14-9(15(21)8-16)3-4-20(14)13-6-11(18)10(17)5-12(13)19/h3-6H,7-8H2,1-2H3. The minimum Gasteiger partial charge on any atom is -0.317 e. The molecule has 0 fully saturated rings. The Hall–Kier alpha value is -1.49. The van der Waals surface area contributed by atoms with Gasteiger partial charge in [0.05, 0.1) is 10.2 Å². The maximum absolute atomic E-state index is 14.2. The van der Waals surface area contributed by atoms with Crippen LogP contribution in [-0.2, 0) is 6.42 Å². The van der Waals surface area contributed by atoms with Crippen molar-refractivity contribution in [2.75, 3.05) is 0 Å². The number of benzene rings is 1. The van der Waals surface area contributed by atoms with Crippen molar-refractivity contribution in [1.82, 2.24) is 4.57 Å². The molecule has 0 aliphatic heterocycles. The molecule has 0 bridgehead atoms. The van der Waals surface area contributed by atoms with Gasteiger partial charge < -0.3 is 4.57 Å². The molecule has 1 heterocycles. The summed E-state index contributed by atoms with van der Waals surface area (Å²) in [6.45, 7) is 4.01. The lowest BCUT2D eigenvalue weighted by atomic mass is 9.76. The first-order valence-electron chi connectivity index (χ1n) is 6.67. The van der Waals surface area contributed by atoms with E-state index in [1.165, 1.54) is 0 Å². The van der Waals surface area contributed by atoms with Crippen LogP contribution in [0.15, 0.2) is 28.9 Å². The Morgan fingerprint density at radius 3 is 2.62 bits per heavy atom. The van der Waals surface area contributed by atoms with Crippen LogP contribution in [0.3, 0.4) is 0 Å². The summed E-state index contributed by atoms with van der Waals surface area (Å²) in [5.41, 5.74) is 1.31. The number of carbonyl (C=O) groups is 1. The number of hydrogen-bond donors (Lipinski definition) is 0. The van der Waals surface area contributed by atoms with Crippen LogP contribution in [0, 0.1) is 17.0 Å². The molecule has 0 saturated heterocycles. The minimum atomic E-state index is -0.532. The number of fused-ring (bicyclic) bond motifs is 1. The van der Waals surface area contributed by atoms with Gasteiger partial charge in [0.25, 0.3) is 0 Å². The van der Waals surface area contributed by atoms with Crippen molar-refractivity contribution in [3.05, 3.63) is 51.8 Å². The minimum absolute atomic E-state index is 0.0537. The van der Waals surface area contributed by atoms with Gasteiger partial charge in [0, 0.05) is 29.9 Å². The van der Waals surface area contributed by atoms with E-state index in [9.17, 15) is 13.6 Å². The third kappa shape index (κ3) is 2.44. The second kappa shape index (κ2) is 4.77. The molecule has 0 amide bonds. The predicted molar refractivity (Wildman–Crippen MR) is 79.8 cm³/mol. The van der Waals surface area contributed by atoms with Crippen molar-refractivity contribution < 1.29 is 13.6 Å². The molecule has 1 aliphatic carbocycles. The van der Waals surface area contributed by atoms with Crippen molar-refractivity contribution in [1.29, 1.82) is 0 Å². The average Bonchev–Trinajstić information content (AvgIpc) is 2.76. The summed E-state index contributed by atoms with van der Waals surface area (Å²) < 4.78 is 29.5. The molecule has 0 radical (unpaired) electrons. The fraction of sp³-hybridized carbons (Fsp3) is 0.312. The van der Waals surface area contributed by atoms with E-state index in [4.69, 9.17) is 0 Å². The van der Waals surface area contributed by atoms with E-state index in [0.29, 0.717) is 18.4 Å². The first-order chi connectivity index (χ1) is 9.78. The molecule has 0 atom stereocenters. The van der Waals surface area contributed by atoms with Crippen LogP contribution in [0.2, 0.25) is 0 Å². The molecule has 2 aromatic rings. The summed E-state index contributed by atoms with van der Waals surface area (Å²) in [6.07, 6.45) is 2.76. The van der Waals surface area contributed by atoms with Crippen LogP contribution in [0.1, 0.15) is 36.3 Å². The number of halogens is 3. The number of rotatable bonds is 1. The SMILES string of the molecule is CC1(C)CC(=O)c2ccn(-c3cc(F)c(Br)cc3F)c2C1. The van der Waals surface area contributed by atoms with Crippen LogP contribution in [0.5, 0.6) is 0 Å². The number of nitrogens with zero attached hydrogens (tertiary/aromatic N) is 1. The monoisotopic (exact) mass is 353 g/mol. The molecule has 0 spiro atoms. The molecule has 0 saturated carbocycles. The van der Waals surface area contributed by atoms with Gasteiger partial charge in [-0.25, -0.2) is 8.78 Å². The third-order valence-corrected chi connectivity index (χ3v) is 4.43. The van der Waals surface area contributed by atoms with Gasteiger partial charge in [0.2, 0.25) is 0 Å². The van der Waals surface area contributed by atoms with E-state index in [0.717, 1.165) is 17.8 Å². The quantitative estimate of drug-likeness (QED) is 0.682. The van der Waals surface area contributed by atoms with Gasteiger partial charge in [-0.05, 0) is 39.9 Å². The largest absolute Gasteiger partial charge is 0.317 e. The summed E-state index contributed by atoms with van der Waals surface area (Å²) in [4.78, 5) is 12.2. The number of Topliss-reactive ketones (excluding diaryl/α,β-unsaturated/α-hetero) is 1. The fourth-order valence-corrected chi connectivity index (χ4v) is 3.18. The highest BCUT2D eigenvalue weighted by Crippen LogP contribution is 2.37. The molecular weight excluding hydrogens is 340 g/mol. The zero-order valence-electron chi connectivity index (χ0n) is 11.7. The Kier molecular flexibility index (Phi) is 3.28. The van der Waals surface area contributed by atoms with Crippen LogP contribution in [0.25, 0.3) is 5.69 Å². The molecule has 0 unspecified atom stereocenters. The number of ketones is 1. The summed E-state index contributed by atoms with van der Waals surface area (Å²) >= 11 is 2.97. The molecule has 0 N–H and O–H groups in total. The average molecular weight is 354 g/mol. The summed E-state index contributed by atoms with van der Waals surface area (Å²) in [7, 11) is 0. The normalized spacial score (nSPS) is 16.9. The van der Waals surface area contributed by atoms with Gasteiger partial charge >= 0.3 is 0 Å². The summed E-state index contributed by atoms with van der Waals surface area (Å²) in [6, 6.07) is 3.94. The molecule has 3 rings (SSSR count). The predicted octanol–water partition coefficient (Wildman–Crippen LogP) is 4.67. The second-order valence-corrected chi connectivity index (χ2v) is 7.06. The van der Waals surface area contributed by atoms with E-state index < -0.39 is 11.6 Å². The summed E-state index contributed by atoms with van der Waals surface area (Å²) in [5.74, 6) is -1.01. The zero-order chi connectivity index (χ0) is 15.4. The zero-order valence-corrected chi connectivity index (χ0v) is 13.3. The van der Waals surface area contributed by atoms with E-state index in [-0.39, 0.29) is 21.4 Å². The van der Waals surface area contributed by atoms with Crippen LogP contribution >= 0.6 is 15.9 Å². The Morgan fingerprint density at radius 1 is 1.19 bits per heavy atom. The van der Waals surface area contributed by atoms with E-state index in [2.05, 4.69) is 15.9 Å². The van der Waals surface area contributed by atoms with Gasteiger partial charge in [-0.1, -0.05) is 13.8 Å². The van der Waals surface area contributed by atoms with Gasteiger partial charge in [-0.15, -0.1) is 0 Å². The molecule has 21 heavy (non-hydrogen) atoms. The van der Waals surface area contributed by atoms with E-state index in [1.54, 1.807) is 16.8 Å². The first-order valence-corrected chi connectivity index (χ1v) is 7.46. The Balaban J connectivity index is 2.19. The van der Waals surface area contributed by atoms with Gasteiger partial charge in [0.15, 0.2) is 5.78 Å². The second-order valence-electron chi connectivity index (χ2n) is 6.20. The van der Waals surface area contributed by atoms with Crippen LogP contribution in [0.4, 0.5) is 8.78 Å². The van der Waals surface area contributed by atoms with Crippen molar-refractivity contribution in [2.45, 2.75) is 26.7 Å². The van der Waals surface area contributed by atoms with Crippen LogP contribution in [-0.4, -0.2) is 10.4 Å². The third-order valence-electron chi connectivity index (χ3n) is 3.83. The van der Waals surface area contributed by atoms with E-state index >= 15 is 0 Å². The lowest BCUT2D eigenvalue weighted by Gasteiger charge is -2.29. The molecule has 1 aromatic carbocycles. The lowest BCUT2D eigenvalue weighted by molar-refractivity contribution is 0.0911. The molecule has 110 valence electrons. The Bertz CT molecular complexity index is 749. The maximum atomic E-state index is 14.2. The highest BCUT2D eigenvalue weighted by atomic mass is 79.9. The van der Waals surface area contributed by atoms with Gasteiger partial charge in [0.1, 0.15) is 11.6 Å². The molecule has 1 aliphatic rings. The van der Waals surface area contributed by atoms with Crippen molar-refractivity contribution >= 4 is 21.7 Å². The topological polar surface area (TPSA) is 22.0 Å². The van der Waals surface area contributed by atoms with Crippen molar-refractivity contribution in [2.24, 2.45) is 5.41 Å². The Morgan fingerprint density at radius 2 is 1.90 bits per heavy atom. The highest BCUT2D eigenvalue weighted by Gasteiger charge is 2.33. The van der Waals surface area contributed by atoms with E-state index in [1.807, 2.05) is 13.8 Å². The highest BCUT2D eigenvalue weighted by molar-refractivity contribution is 9.10. The van der Waals surface area contributed by atoms with Gasteiger partial charge in [-0.2, -0.15) is 0 Å². The number of hydrogen-bond acceptors (Lipinski definition) is 1. The number of carbonyl (C=O) groups excluding carboxylic acids is 1. The first kappa shape index (κ1) is 14.4. The van der Waals surface area contributed by atoms with Gasteiger partial charge in [-0.3, -0.25) is 4.79 Å². The number of aromatic nitrogens is 1. The molecular formula is C16H14BrF2NO. The lowest BCUT2D eigenvalue weighted by Crippen LogP contribution is -2.27. The fourth-order valence-electron chi connectivity index (χ4n) is 2.87. The smallest absolute Gasteiger partial charge is 0.165 e. The molecule has 1 aromatic heterocycles. The Labute approximate surface area is 129 Å². The molecule has 5 heteroatoms.